The molecule has 0 aliphatic carbocycles. The van der Waals surface area contributed by atoms with E-state index in [-0.39, 0.29) is 11.4 Å². The first-order valence-corrected chi connectivity index (χ1v) is 9.57. The Morgan fingerprint density at radius 1 is 1.32 bits per heavy atom. The molecule has 0 fully saturated rings. The number of aliphatic imine (C=N–C) groups is 1. The van der Waals surface area contributed by atoms with Gasteiger partial charge in [0.25, 0.3) is 0 Å². The molecule has 0 spiro atoms. The lowest BCUT2D eigenvalue weighted by Crippen LogP contribution is -2.43. The first-order valence-electron chi connectivity index (χ1n) is 7.49. The summed E-state index contributed by atoms with van der Waals surface area (Å²) < 4.78 is -1.68. The fourth-order valence-electron chi connectivity index (χ4n) is 2.10. The average Bonchev–Trinajstić information content (AvgIpc) is 2.51. The van der Waals surface area contributed by atoms with Crippen LogP contribution in [0.15, 0.2) is 53.2 Å². The average molecular weight is 419 g/mol. The highest BCUT2D eigenvalue weighted by atomic mass is 35.6. The zero-order valence-electron chi connectivity index (χ0n) is 13.7. The number of hydrogen-bond acceptors (Lipinski definition) is 4. The predicted octanol–water partition coefficient (Wildman–Crippen LogP) is 4.50. The first kappa shape index (κ1) is 20.2. The van der Waals surface area contributed by atoms with Crippen LogP contribution in [0.2, 0.25) is 0 Å². The fourth-order valence-corrected chi connectivity index (χ4v) is 3.81. The summed E-state index contributed by atoms with van der Waals surface area (Å²) in [7, 11) is 0. The number of nitrogens with one attached hydrogen (secondary N) is 2. The third-order valence-corrected chi connectivity index (χ3v) is 5.43. The zero-order valence-corrected chi connectivity index (χ0v) is 16.8. The van der Waals surface area contributed by atoms with Crippen molar-refractivity contribution in [3.05, 3.63) is 53.7 Å². The quantitative estimate of drug-likeness (QED) is 0.420. The number of alkyl halides is 3. The van der Waals surface area contributed by atoms with Crippen molar-refractivity contribution in [2.45, 2.75) is 28.5 Å². The van der Waals surface area contributed by atoms with E-state index in [4.69, 9.17) is 34.8 Å². The minimum Gasteiger partial charge on any atom is -0.359 e. The molecule has 0 unspecified atom stereocenters. The summed E-state index contributed by atoms with van der Waals surface area (Å²) in [6.45, 7) is 3.82. The van der Waals surface area contributed by atoms with Gasteiger partial charge in [-0.05, 0) is 31.6 Å². The summed E-state index contributed by atoms with van der Waals surface area (Å²) in [5.74, 6) is -0.351. The molecule has 0 radical (unpaired) electrons. The standard InChI is InChI=1S/C17H18Cl3N3OS/c1-11-10-12(2)22-16(21-11)25-15(17(18,19)20)23-14(24)9-8-13-6-4-3-5-7-13/h3-10,15-16,21H,1-2H3,(H,23,24)/b9-8+/t15-,16+/m1/s1. The second-order valence-corrected chi connectivity index (χ2v) is 8.96. The molecule has 1 aliphatic heterocycles. The summed E-state index contributed by atoms with van der Waals surface area (Å²) in [5, 5.41) is 5.12. The summed E-state index contributed by atoms with van der Waals surface area (Å²) in [6.07, 6.45) is 5.03. The highest BCUT2D eigenvalue weighted by Crippen LogP contribution is 2.38. The maximum atomic E-state index is 12.2. The Labute approximate surface area is 166 Å². The lowest BCUT2D eigenvalue weighted by atomic mass is 10.2. The van der Waals surface area contributed by atoms with Crippen molar-refractivity contribution >= 4 is 64.3 Å². The SMILES string of the molecule is CC1=CC(C)=N[C@@H](S[C@@H](NC(=O)/C=C/c2ccccc2)C(Cl)(Cl)Cl)N1. The monoisotopic (exact) mass is 417 g/mol. The largest absolute Gasteiger partial charge is 0.359 e. The van der Waals surface area contributed by atoms with E-state index < -0.39 is 9.17 Å². The van der Waals surface area contributed by atoms with Gasteiger partial charge >= 0.3 is 0 Å². The number of benzene rings is 1. The summed E-state index contributed by atoms with van der Waals surface area (Å²) in [6, 6.07) is 9.47. The molecule has 2 atom stereocenters. The smallest absolute Gasteiger partial charge is 0.245 e. The summed E-state index contributed by atoms with van der Waals surface area (Å²) in [4.78, 5) is 16.6. The van der Waals surface area contributed by atoms with Crippen LogP contribution in [0.3, 0.4) is 0 Å². The minimum absolute atomic E-state index is 0.343. The normalized spacial score (nSPS) is 19.0. The Hall–Kier alpha value is -1.14. The number of rotatable bonds is 5. The van der Waals surface area contributed by atoms with Crippen molar-refractivity contribution < 1.29 is 4.79 Å². The number of amides is 1. The molecule has 0 saturated heterocycles. The number of carbonyl (C=O) groups is 1. The van der Waals surface area contributed by atoms with Crippen LogP contribution in [0.1, 0.15) is 19.4 Å². The molecule has 1 aliphatic rings. The third-order valence-electron chi connectivity index (χ3n) is 3.16. The number of allylic oxidation sites excluding steroid dienone is 2. The van der Waals surface area contributed by atoms with Gasteiger partial charge in [0, 0.05) is 17.5 Å². The van der Waals surface area contributed by atoms with Gasteiger partial charge in [-0.25, -0.2) is 0 Å². The van der Waals surface area contributed by atoms with Crippen LogP contribution in [0, 0.1) is 0 Å². The van der Waals surface area contributed by atoms with E-state index in [1.54, 1.807) is 6.08 Å². The number of halogens is 3. The molecule has 1 aromatic carbocycles. The molecular weight excluding hydrogens is 401 g/mol. The molecule has 2 N–H and O–H groups in total. The Kier molecular flexibility index (Phi) is 7.25. The van der Waals surface area contributed by atoms with Gasteiger partial charge in [-0.2, -0.15) is 0 Å². The van der Waals surface area contributed by atoms with Gasteiger partial charge in [0.2, 0.25) is 9.70 Å². The van der Waals surface area contributed by atoms with Crippen LogP contribution in [0.4, 0.5) is 0 Å². The molecule has 8 heteroatoms. The predicted molar refractivity (Wildman–Crippen MR) is 109 cm³/mol. The molecule has 0 bridgehead atoms. The Balaban J connectivity index is 2.02. The molecule has 1 heterocycles. The molecule has 4 nitrogen and oxygen atoms in total. The molecule has 25 heavy (non-hydrogen) atoms. The van der Waals surface area contributed by atoms with Gasteiger partial charge in [-0.15, -0.1) is 0 Å². The van der Waals surface area contributed by atoms with Crippen LogP contribution in [0.5, 0.6) is 0 Å². The number of thioether (sulfide) groups is 1. The first-order chi connectivity index (χ1) is 11.7. The van der Waals surface area contributed by atoms with E-state index in [0.717, 1.165) is 17.0 Å². The van der Waals surface area contributed by atoms with Crippen molar-refractivity contribution in [1.82, 2.24) is 10.6 Å². The van der Waals surface area contributed by atoms with Crippen molar-refractivity contribution in [1.29, 1.82) is 0 Å². The lowest BCUT2D eigenvalue weighted by molar-refractivity contribution is -0.116. The van der Waals surface area contributed by atoms with Gasteiger partial charge < -0.3 is 10.6 Å². The van der Waals surface area contributed by atoms with Crippen LogP contribution in [-0.2, 0) is 4.79 Å². The van der Waals surface area contributed by atoms with Gasteiger partial charge in [0.05, 0.1) is 0 Å². The van der Waals surface area contributed by atoms with Crippen molar-refractivity contribution in [2.75, 3.05) is 0 Å². The van der Waals surface area contributed by atoms with Crippen molar-refractivity contribution in [2.24, 2.45) is 4.99 Å². The number of nitrogens with zero attached hydrogens (tertiary/aromatic N) is 1. The molecule has 2 rings (SSSR count). The van der Waals surface area contributed by atoms with E-state index in [1.165, 1.54) is 17.8 Å². The van der Waals surface area contributed by atoms with Crippen molar-refractivity contribution in [3.63, 3.8) is 0 Å². The van der Waals surface area contributed by atoms with Crippen LogP contribution < -0.4 is 10.6 Å². The van der Waals surface area contributed by atoms with Crippen LogP contribution in [-0.4, -0.2) is 26.3 Å². The van der Waals surface area contributed by atoms with Gasteiger partial charge in [0.1, 0.15) is 5.37 Å². The maximum absolute atomic E-state index is 12.2. The van der Waals surface area contributed by atoms with E-state index in [1.807, 2.05) is 50.3 Å². The van der Waals surface area contributed by atoms with Gasteiger partial charge in [-0.1, -0.05) is 76.9 Å². The molecule has 0 saturated carbocycles. The molecule has 0 aromatic heterocycles. The Morgan fingerprint density at radius 2 is 2.00 bits per heavy atom. The molecule has 1 aromatic rings. The maximum Gasteiger partial charge on any atom is 0.245 e. The highest BCUT2D eigenvalue weighted by molar-refractivity contribution is 8.00. The number of carbonyl (C=O) groups excluding carboxylic acids is 1. The van der Waals surface area contributed by atoms with E-state index in [2.05, 4.69) is 15.6 Å². The fraction of sp³-hybridized carbons (Fsp3) is 0.294. The second kappa shape index (κ2) is 8.99. The third kappa shape index (κ3) is 6.94. The van der Waals surface area contributed by atoms with E-state index in [0.29, 0.717) is 0 Å². The Morgan fingerprint density at radius 3 is 2.60 bits per heavy atom. The van der Waals surface area contributed by atoms with Gasteiger partial charge in [0.15, 0.2) is 5.50 Å². The minimum atomic E-state index is -1.68. The van der Waals surface area contributed by atoms with Gasteiger partial charge in [-0.3, -0.25) is 9.79 Å². The summed E-state index contributed by atoms with van der Waals surface area (Å²) in [5.41, 5.74) is 2.39. The Bertz CT molecular complexity index is 699. The molecular formula is C17H18Cl3N3OS. The van der Waals surface area contributed by atoms with E-state index in [9.17, 15) is 4.79 Å². The van der Waals surface area contributed by atoms with Crippen LogP contribution >= 0.6 is 46.6 Å². The topological polar surface area (TPSA) is 53.5 Å². The lowest BCUT2D eigenvalue weighted by Gasteiger charge is -2.29. The second-order valence-electron chi connectivity index (χ2n) is 5.40. The van der Waals surface area contributed by atoms with E-state index >= 15 is 0 Å². The molecule has 1 amide bonds. The van der Waals surface area contributed by atoms with Crippen LogP contribution in [0.25, 0.3) is 6.08 Å². The zero-order chi connectivity index (χ0) is 18.4. The molecule has 134 valence electrons. The summed E-state index contributed by atoms with van der Waals surface area (Å²) >= 11 is 19.3. The number of hydrogen-bond donors (Lipinski definition) is 2. The highest BCUT2D eigenvalue weighted by Gasteiger charge is 2.36. The van der Waals surface area contributed by atoms with Crippen molar-refractivity contribution in [3.8, 4) is 0 Å².